The molecule has 1 unspecified atom stereocenters. The minimum absolute atomic E-state index is 0.325. The Morgan fingerprint density at radius 1 is 1.11 bits per heavy atom. The zero-order valence-electron chi connectivity index (χ0n) is 12.2. The summed E-state index contributed by atoms with van der Waals surface area (Å²) in [6.07, 6.45) is 3.88. The summed E-state index contributed by atoms with van der Waals surface area (Å²) < 4.78 is 0. The molecule has 0 aromatic carbocycles. The van der Waals surface area contributed by atoms with E-state index in [2.05, 4.69) is 49.9 Å². The second kappa shape index (κ2) is 6.57. The lowest BCUT2D eigenvalue weighted by Crippen LogP contribution is -2.19. The van der Waals surface area contributed by atoms with E-state index in [0.29, 0.717) is 17.8 Å². The van der Waals surface area contributed by atoms with E-state index in [1.807, 2.05) is 0 Å². The van der Waals surface area contributed by atoms with Gasteiger partial charge in [0.25, 0.3) is 0 Å². The van der Waals surface area contributed by atoms with Crippen LogP contribution in [0.5, 0.6) is 0 Å². The molecule has 1 rings (SSSR count). The zero-order chi connectivity index (χ0) is 13.7. The first-order valence-electron chi connectivity index (χ1n) is 6.78. The van der Waals surface area contributed by atoms with Gasteiger partial charge in [-0.2, -0.15) is 0 Å². The van der Waals surface area contributed by atoms with Crippen LogP contribution in [0.2, 0.25) is 0 Å². The van der Waals surface area contributed by atoms with Crippen molar-refractivity contribution in [2.75, 3.05) is 11.1 Å². The summed E-state index contributed by atoms with van der Waals surface area (Å²) in [5.74, 6) is 2.52. The molecule has 1 heterocycles. The fraction of sp³-hybridized carbons (Fsp3) is 0.714. The minimum atomic E-state index is 0.325. The van der Waals surface area contributed by atoms with Gasteiger partial charge in [0, 0.05) is 11.6 Å². The first kappa shape index (κ1) is 14.7. The Morgan fingerprint density at radius 2 is 1.78 bits per heavy atom. The monoisotopic (exact) mass is 250 g/mol. The van der Waals surface area contributed by atoms with Crippen molar-refractivity contribution in [2.24, 2.45) is 5.92 Å². The molecule has 0 aliphatic carbocycles. The van der Waals surface area contributed by atoms with Crippen molar-refractivity contribution in [3.8, 4) is 0 Å². The molecule has 0 saturated heterocycles. The van der Waals surface area contributed by atoms with Gasteiger partial charge in [0.15, 0.2) is 0 Å². The number of aromatic nitrogens is 2. The van der Waals surface area contributed by atoms with E-state index >= 15 is 0 Å². The number of rotatable bonds is 6. The molecule has 0 radical (unpaired) electrons. The maximum atomic E-state index is 5.93. The van der Waals surface area contributed by atoms with Gasteiger partial charge in [-0.1, -0.05) is 27.7 Å². The van der Waals surface area contributed by atoms with Crippen molar-refractivity contribution in [3.63, 3.8) is 0 Å². The Morgan fingerprint density at radius 3 is 2.33 bits per heavy atom. The third kappa shape index (κ3) is 4.17. The molecule has 0 fully saturated rings. The van der Waals surface area contributed by atoms with Crippen molar-refractivity contribution in [1.82, 2.24) is 9.97 Å². The van der Waals surface area contributed by atoms with Gasteiger partial charge in [0.2, 0.25) is 0 Å². The van der Waals surface area contributed by atoms with E-state index in [9.17, 15) is 0 Å². The summed E-state index contributed by atoms with van der Waals surface area (Å²) >= 11 is 0. The molecule has 0 bridgehead atoms. The van der Waals surface area contributed by atoms with Crippen molar-refractivity contribution in [2.45, 2.75) is 59.4 Å². The first-order chi connectivity index (χ1) is 8.41. The lowest BCUT2D eigenvalue weighted by atomic mass is 10.0. The lowest BCUT2D eigenvalue weighted by Gasteiger charge is -2.20. The molecule has 1 aromatic heterocycles. The molecule has 18 heavy (non-hydrogen) atoms. The summed E-state index contributed by atoms with van der Waals surface area (Å²) in [7, 11) is 0. The molecule has 0 saturated carbocycles. The molecular formula is C14H26N4. The number of nitrogens with one attached hydrogen (secondary N) is 1. The van der Waals surface area contributed by atoms with Crippen LogP contribution in [0.25, 0.3) is 0 Å². The number of hydrogen-bond acceptors (Lipinski definition) is 4. The van der Waals surface area contributed by atoms with Gasteiger partial charge in [0.05, 0.1) is 0 Å². The minimum Gasteiger partial charge on any atom is -0.383 e. The smallest absolute Gasteiger partial charge is 0.135 e. The number of nitrogens with zero attached hydrogens (tertiary/aromatic N) is 2. The quantitative estimate of drug-likeness (QED) is 0.812. The molecule has 3 N–H and O–H groups in total. The van der Waals surface area contributed by atoms with Crippen LogP contribution < -0.4 is 11.1 Å². The molecule has 0 aliphatic rings. The van der Waals surface area contributed by atoms with E-state index in [1.54, 1.807) is 0 Å². The number of nitrogen functional groups attached to an aromatic ring is 1. The number of anilines is 2. The Labute approximate surface area is 110 Å². The lowest BCUT2D eigenvalue weighted by molar-refractivity contribution is 0.526. The molecular weight excluding hydrogens is 224 g/mol. The van der Waals surface area contributed by atoms with Crippen molar-refractivity contribution in [3.05, 3.63) is 11.9 Å². The van der Waals surface area contributed by atoms with Gasteiger partial charge in [-0.15, -0.1) is 0 Å². The summed E-state index contributed by atoms with van der Waals surface area (Å²) in [6.45, 7) is 10.9. The van der Waals surface area contributed by atoms with Gasteiger partial charge in [-0.05, 0) is 31.6 Å². The summed E-state index contributed by atoms with van der Waals surface area (Å²) in [5.41, 5.74) is 6.95. The molecule has 4 nitrogen and oxygen atoms in total. The molecule has 102 valence electrons. The number of hydrogen-bond donors (Lipinski definition) is 2. The normalized spacial score (nSPS) is 13.1. The second-order valence-corrected chi connectivity index (χ2v) is 5.69. The fourth-order valence-corrected chi connectivity index (χ4v) is 1.98. The maximum Gasteiger partial charge on any atom is 0.135 e. The highest BCUT2D eigenvalue weighted by Gasteiger charge is 2.14. The number of nitrogens with two attached hydrogens (primary N) is 1. The average Bonchev–Trinajstić information content (AvgIpc) is 2.26. The van der Waals surface area contributed by atoms with E-state index in [0.717, 1.165) is 23.7 Å². The van der Waals surface area contributed by atoms with Gasteiger partial charge in [0.1, 0.15) is 18.0 Å². The molecule has 1 atom stereocenters. The largest absolute Gasteiger partial charge is 0.383 e. The van der Waals surface area contributed by atoms with Crippen LogP contribution >= 0.6 is 0 Å². The fourth-order valence-electron chi connectivity index (χ4n) is 1.98. The van der Waals surface area contributed by atoms with Crippen molar-refractivity contribution in [1.29, 1.82) is 0 Å². The molecule has 1 aromatic rings. The third-order valence-electron chi connectivity index (χ3n) is 3.05. The standard InChI is InChI=1S/C14H26N4/c1-9(2)6-7-11(5)18-14-12(10(3)4)13(15)16-8-17-14/h8-11H,6-7H2,1-5H3,(H3,15,16,17,18). The van der Waals surface area contributed by atoms with Crippen LogP contribution in [0.4, 0.5) is 11.6 Å². The third-order valence-corrected chi connectivity index (χ3v) is 3.05. The Hall–Kier alpha value is -1.32. The summed E-state index contributed by atoms with van der Waals surface area (Å²) in [6, 6.07) is 0.402. The van der Waals surface area contributed by atoms with Gasteiger partial charge >= 0.3 is 0 Å². The molecule has 0 aliphatic heterocycles. The highest BCUT2D eigenvalue weighted by molar-refractivity contribution is 5.56. The predicted octanol–water partition coefficient (Wildman–Crippen LogP) is 3.42. The SMILES string of the molecule is CC(C)CCC(C)Nc1ncnc(N)c1C(C)C. The van der Waals surface area contributed by atoms with Crippen LogP contribution in [0.1, 0.15) is 58.9 Å². The Balaban J connectivity index is 2.75. The summed E-state index contributed by atoms with van der Waals surface area (Å²) in [4.78, 5) is 8.39. The van der Waals surface area contributed by atoms with E-state index in [1.165, 1.54) is 12.7 Å². The zero-order valence-corrected chi connectivity index (χ0v) is 12.2. The van der Waals surface area contributed by atoms with Crippen LogP contribution in [-0.2, 0) is 0 Å². The van der Waals surface area contributed by atoms with Crippen LogP contribution in [0.3, 0.4) is 0 Å². The van der Waals surface area contributed by atoms with E-state index in [-0.39, 0.29) is 0 Å². The molecule has 0 amide bonds. The Bertz CT molecular complexity index is 374. The van der Waals surface area contributed by atoms with Crippen LogP contribution in [0.15, 0.2) is 6.33 Å². The van der Waals surface area contributed by atoms with Gasteiger partial charge in [-0.25, -0.2) is 9.97 Å². The van der Waals surface area contributed by atoms with Crippen LogP contribution in [-0.4, -0.2) is 16.0 Å². The van der Waals surface area contributed by atoms with Gasteiger partial charge in [-0.3, -0.25) is 0 Å². The topological polar surface area (TPSA) is 63.8 Å². The highest BCUT2D eigenvalue weighted by Crippen LogP contribution is 2.27. The predicted molar refractivity (Wildman–Crippen MR) is 77.7 cm³/mol. The van der Waals surface area contributed by atoms with Gasteiger partial charge < -0.3 is 11.1 Å². The first-order valence-corrected chi connectivity index (χ1v) is 6.78. The second-order valence-electron chi connectivity index (χ2n) is 5.69. The Kier molecular flexibility index (Phi) is 5.38. The van der Waals surface area contributed by atoms with Crippen molar-refractivity contribution >= 4 is 11.6 Å². The molecule has 0 spiro atoms. The highest BCUT2D eigenvalue weighted by atomic mass is 15.1. The van der Waals surface area contributed by atoms with E-state index < -0.39 is 0 Å². The van der Waals surface area contributed by atoms with Crippen molar-refractivity contribution < 1.29 is 0 Å². The molecule has 4 heteroatoms. The van der Waals surface area contributed by atoms with E-state index in [4.69, 9.17) is 5.73 Å². The maximum absolute atomic E-state index is 5.93. The van der Waals surface area contributed by atoms with Crippen LogP contribution in [0, 0.1) is 5.92 Å². The summed E-state index contributed by atoms with van der Waals surface area (Å²) in [5, 5.41) is 3.46. The average molecular weight is 250 g/mol.